The lowest BCUT2D eigenvalue weighted by Crippen LogP contribution is -2.54. The number of ether oxygens (including phenoxy) is 1. The highest BCUT2D eigenvalue weighted by molar-refractivity contribution is 6.42. The van der Waals surface area contributed by atoms with Crippen LogP contribution in [0.5, 0.6) is 5.75 Å². The number of nitrogens with zero attached hydrogens (tertiary/aromatic N) is 3. The molecule has 3 heterocycles. The number of nitrogens with one attached hydrogen (secondary N) is 1. The molecule has 1 N–H and O–H groups in total. The molecule has 3 aromatic carbocycles. The number of ketones is 1. The Balaban J connectivity index is 1.12. The van der Waals surface area contributed by atoms with Gasteiger partial charge in [0.2, 0.25) is 0 Å². The minimum Gasteiger partial charge on any atom is -0.489 e. The molecular weight excluding hydrogens is 678 g/mol. The first-order valence-corrected chi connectivity index (χ1v) is 17.5. The van der Waals surface area contributed by atoms with Crippen LogP contribution >= 0.6 is 46.4 Å². The summed E-state index contributed by atoms with van der Waals surface area (Å²) >= 11 is 24.5. The molecule has 4 aromatic rings. The highest BCUT2D eigenvalue weighted by atomic mass is 35.5. The van der Waals surface area contributed by atoms with Gasteiger partial charge < -0.3 is 14.6 Å². The van der Waals surface area contributed by atoms with Gasteiger partial charge in [-0.1, -0.05) is 64.6 Å². The number of hydrogen-bond acceptors (Lipinski definition) is 5. The number of Topliss-reactive ketones (excluding diaryl/α,β-unsaturated/α-hetero) is 1. The standard InChI is InChI=1S/C36H38Cl4N4O3/c1-22(2)47-34-6-3-5-29-30(36(46)41-17-23-7-10-31(39)32(40)13-23)20-43(35(29)34)11-4-12-44-27-8-9-28(44)19-42(18-27)21-33(45)24-14-25(37)16-26(38)15-24/h3,5-7,10,13-16,20,22,27-28H,4,8-9,11-12,17-19,21H2,1-2H3,(H,41,46). The van der Waals surface area contributed by atoms with Gasteiger partial charge >= 0.3 is 0 Å². The summed E-state index contributed by atoms with van der Waals surface area (Å²) in [6.07, 6.45) is 5.10. The second-order valence-electron chi connectivity index (χ2n) is 12.7. The second kappa shape index (κ2) is 14.8. The van der Waals surface area contributed by atoms with E-state index in [0.717, 1.165) is 67.7 Å². The molecule has 2 fully saturated rings. The number of carbonyl (C=O) groups is 2. The fourth-order valence-electron chi connectivity index (χ4n) is 6.96. The number of likely N-dealkylation sites (tertiary alicyclic amines) is 1. The first-order chi connectivity index (χ1) is 22.5. The summed E-state index contributed by atoms with van der Waals surface area (Å²) in [4.78, 5) is 31.4. The van der Waals surface area contributed by atoms with Crippen molar-refractivity contribution in [3.8, 4) is 5.75 Å². The molecule has 0 aliphatic carbocycles. The third-order valence-corrected chi connectivity index (χ3v) is 10.2. The van der Waals surface area contributed by atoms with Crippen LogP contribution in [-0.2, 0) is 13.1 Å². The van der Waals surface area contributed by atoms with Crippen molar-refractivity contribution >= 4 is 69.0 Å². The lowest BCUT2D eigenvalue weighted by atomic mass is 10.1. The van der Waals surface area contributed by atoms with Crippen LogP contribution < -0.4 is 10.1 Å². The molecular formula is C36H38Cl4N4O3. The fourth-order valence-corrected chi connectivity index (χ4v) is 7.81. The van der Waals surface area contributed by atoms with E-state index in [1.807, 2.05) is 44.3 Å². The molecule has 248 valence electrons. The van der Waals surface area contributed by atoms with Gasteiger partial charge in [0.05, 0.1) is 33.8 Å². The Labute approximate surface area is 295 Å². The minimum absolute atomic E-state index is 0.00875. The van der Waals surface area contributed by atoms with Crippen LogP contribution in [0.25, 0.3) is 10.9 Å². The van der Waals surface area contributed by atoms with Crippen molar-refractivity contribution < 1.29 is 14.3 Å². The molecule has 6 rings (SSSR count). The first-order valence-electron chi connectivity index (χ1n) is 16.0. The van der Waals surface area contributed by atoms with Gasteiger partial charge in [-0.25, -0.2) is 0 Å². The van der Waals surface area contributed by atoms with Crippen LogP contribution in [0.3, 0.4) is 0 Å². The first kappa shape index (κ1) is 34.1. The molecule has 2 atom stereocenters. The Morgan fingerprint density at radius 1 is 0.915 bits per heavy atom. The van der Waals surface area contributed by atoms with Gasteiger partial charge in [-0.15, -0.1) is 0 Å². The van der Waals surface area contributed by atoms with Crippen molar-refractivity contribution in [2.45, 2.75) is 64.4 Å². The highest BCUT2D eigenvalue weighted by Gasteiger charge is 2.39. The van der Waals surface area contributed by atoms with Crippen molar-refractivity contribution in [1.29, 1.82) is 0 Å². The number of para-hydroxylation sites is 1. The number of amides is 1. The van der Waals surface area contributed by atoms with Gasteiger partial charge in [-0.2, -0.15) is 0 Å². The number of fused-ring (bicyclic) bond motifs is 3. The van der Waals surface area contributed by atoms with Crippen LogP contribution in [0.1, 0.15) is 59.4 Å². The van der Waals surface area contributed by atoms with Gasteiger partial charge in [-0.05, 0) is 75.1 Å². The van der Waals surface area contributed by atoms with E-state index in [9.17, 15) is 9.59 Å². The molecule has 11 heteroatoms. The molecule has 47 heavy (non-hydrogen) atoms. The summed E-state index contributed by atoms with van der Waals surface area (Å²) < 4.78 is 8.37. The summed E-state index contributed by atoms with van der Waals surface area (Å²) in [5.41, 5.74) is 2.95. The molecule has 2 bridgehead atoms. The number of benzene rings is 3. The largest absolute Gasteiger partial charge is 0.489 e. The number of hydrogen-bond donors (Lipinski definition) is 1. The fraction of sp³-hybridized carbons (Fsp3) is 0.389. The van der Waals surface area contributed by atoms with E-state index in [0.29, 0.717) is 56.4 Å². The van der Waals surface area contributed by atoms with Gasteiger partial charge in [0.1, 0.15) is 5.75 Å². The van der Waals surface area contributed by atoms with E-state index in [1.165, 1.54) is 0 Å². The number of aromatic nitrogens is 1. The molecule has 0 spiro atoms. The lowest BCUT2D eigenvalue weighted by Gasteiger charge is -2.41. The summed E-state index contributed by atoms with van der Waals surface area (Å²) in [5, 5.41) is 5.78. The van der Waals surface area contributed by atoms with Gasteiger partial charge in [0.25, 0.3) is 5.91 Å². The van der Waals surface area contributed by atoms with Gasteiger partial charge in [-0.3, -0.25) is 19.4 Å². The Hall–Kier alpha value is -2.78. The van der Waals surface area contributed by atoms with E-state index in [-0.39, 0.29) is 17.8 Å². The normalized spacial score (nSPS) is 18.3. The monoisotopic (exact) mass is 714 g/mol. The molecule has 0 radical (unpaired) electrons. The van der Waals surface area contributed by atoms with Crippen LogP contribution in [0, 0.1) is 0 Å². The number of aryl methyl sites for hydroxylation is 1. The third kappa shape index (κ3) is 7.93. The molecule has 2 aliphatic rings. The molecule has 1 amide bonds. The van der Waals surface area contributed by atoms with Crippen molar-refractivity contribution in [1.82, 2.24) is 19.7 Å². The molecule has 0 saturated carbocycles. The zero-order valence-electron chi connectivity index (χ0n) is 26.4. The summed E-state index contributed by atoms with van der Waals surface area (Å²) in [6.45, 7) is 8.10. The number of rotatable bonds is 12. The average Bonchev–Trinajstić information content (AvgIpc) is 3.50. The quantitative estimate of drug-likeness (QED) is 0.149. The smallest absolute Gasteiger partial charge is 0.253 e. The highest BCUT2D eigenvalue weighted by Crippen LogP contribution is 2.33. The van der Waals surface area contributed by atoms with Crippen molar-refractivity contribution in [2.75, 3.05) is 26.2 Å². The molecule has 2 saturated heterocycles. The summed E-state index contributed by atoms with van der Waals surface area (Å²) in [6, 6.07) is 17.1. The average molecular weight is 717 g/mol. The maximum atomic E-state index is 13.5. The Morgan fingerprint density at radius 3 is 2.32 bits per heavy atom. The minimum atomic E-state index is -0.162. The number of carbonyl (C=O) groups excluding carboxylic acids is 2. The molecule has 1 aromatic heterocycles. The predicted molar refractivity (Wildman–Crippen MR) is 191 cm³/mol. The summed E-state index contributed by atoms with van der Waals surface area (Å²) in [5.74, 6) is 0.642. The van der Waals surface area contributed by atoms with Crippen LogP contribution in [-0.4, -0.2) is 70.4 Å². The van der Waals surface area contributed by atoms with E-state index >= 15 is 0 Å². The van der Waals surface area contributed by atoms with E-state index < -0.39 is 0 Å². The zero-order valence-corrected chi connectivity index (χ0v) is 29.5. The lowest BCUT2D eigenvalue weighted by molar-refractivity contribution is 0.0588. The van der Waals surface area contributed by atoms with Crippen LogP contribution in [0.2, 0.25) is 20.1 Å². The van der Waals surface area contributed by atoms with Gasteiger partial charge in [0.15, 0.2) is 5.78 Å². The van der Waals surface area contributed by atoms with E-state index in [4.69, 9.17) is 51.1 Å². The zero-order chi connectivity index (χ0) is 33.2. The SMILES string of the molecule is CC(C)Oc1cccc2c(C(=O)NCc3ccc(Cl)c(Cl)c3)cn(CCCN3C4CCC3CN(CC(=O)c3cc(Cl)cc(Cl)c3)C4)c12. The Bertz CT molecular complexity index is 1760. The van der Waals surface area contributed by atoms with Crippen molar-refractivity contribution in [3.05, 3.63) is 97.6 Å². The van der Waals surface area contributed by atoms with Crippen molar-refractivity contribution in [3.63, 3.8) is 0 Å². The number of halogens is 4. The molecule has 7 nitrogen and oxygen atoms in total. The Kier molecular flexibility index (Phi) is 10.7. The second-order valence-corrected chi connectivity index (χ2v) is 14.4. The van der Waals surface area contributed by atoms with E-state index in [1.54, 1.807) is 30.3 Å². The number of piperazine rings is 1. The summed E-state index contributed by atoms with van der Waals surface area (Å²) in [7, 11) is 0. The van der Waals surface area contributed by atoms with E-state index in [2.05, 4.69) is 19.7 Å². The van der Waals surface area contributed by atoms with Crippen molar-refractivity contribution in [2.24, 2.45) is 0 Å². The van der Waals surface area contributed by atoms with Gasteiger partial charge in [0, 0.05) is 72.0 Å². The van der Waals surface area contributed by atoms with Crippen LogP contribution in [0.4, 0.5) is 0 Å². The maximum Gasteiger partial charge on any atom is 0.253 e. The topological polar surface area (TPSA) is 66.8 Å². The Morgan fingerprint density at radius 2 is 1.64 bits per heavy atom. The van der Waals surface area contributed by atoms with Crippen LogP contribution in [0.15, 0.2) is 60.8 Å². The molecule has 2 aliphatic heterocycles. The third-order valence-electron chi connectivity index (χ3n) is 8.98. The predicted octanol–water partition coefficient (Wildman–Crippen LogP) is 8.39. The molecule has 2 unspecified atom stereocenters. The maximum absolute atomic E-state index is 13.5.